The number of carbonyl (C=O) groups is 1. The molecule has 1 aliphatic rings. The van der Waals surface area contributed by atoms with Crippen LogP contribution in [-0.4, -0.2) is 19.5 Å². The Hall–Kier alpha value is -2.20. The maximum atomic E-state index is 12.5. The number of hydrogen-bond acceptors (Lipinski definition) is 4. The summed E-state index contributed by atoms with van der Waals surface area (Å²) in [5, 5.41) is 0. The summed E-state index contributed by atoms with van der Waals surface area (Å²) < 4.78 is 11.2. The molecule has 4 heteroatoms. The first-order valence-electron chi connectivity index (χ1n) is 8.07. The van der Waals surface area contributed by atoms with Crippen LogP contribution in [0.25, 0.3) is 6.08 Å². The lowest BCUT2D eigenvalue weighted by atomic mass is 10.1. The first-order valence-corrected chi connectivity index (χ1v) is 8.88. The van der Waals surface area contributed by atoms with Crippen LogP contribution in [0.15, 0.2) is 52.3 Å². The van der Waals surface area contributed by atoms with Crippen LogP contribution in [0.3, 0.4) is 0 Å². The number of fused-ring (bicyclic) bond motifs is 1. The quantitative estimate of drug-likeness (QED) is 0.534. The van der Waals surface area contributed by atoms with E-state index in [1.54, 1.807) is 7.11 Å². The molecule has 3 rings (SSSR count). The lowest BCUT2D eigenvalue weighted by Crippen LogP contribution is -1.99. The number of hydrogen-bond donors (Lipinski definition) is 0. The van der Waals surface area contributed by atoms with Crippen LogP contribution in [0.4, 0.5) is 0 Å². The highest BCUT2D eigenvalue weighted by atomic mass is 32.2. The maximum Gasteiger partial charge on any atom is 0.200 e. The van der Waals surface area contributed by atoms with Crippen LogP contribution in [0.1, 0.15) is 35.7 Å². The third kappa shape index (κ3) is 3.49. The summed E-state index contributed by atoms with van der Waals surface area (Å²) >= 11 is 1.51. The minimum Gasteiger partial charge on any atom is -0.493 e. The minimum absolute atomic E-state index is 0.0813. The lowest BCUT2D eigenvalue weighted by Gasteiger charge is -2.11. The van der Waals surface area contributed by atoms with Gasteiger partial charge >= 0.3 is 0 Å². The van der Waals surface area contributed by atoms with Gasteiger partial charge in [0.25, 0.3) is 0 Å². The second-order valence-electron chi connectivity index (χ2n) is 5.55. The molecule has 0 radical (unpaired) electrons. The molecule has 124 valence electrons. The van der Waals surface area contributed by atoms with Crippen LogP contribution in [0, 0.1) is 0 Å². The Morgan fingerprint density at radius 3 is 2.71 bits per heavy atom. The number of methoxy groups -OCH3 is 1. The van der Waals surface area contributed by atoms with Crippen molar-refractivity contribution in [2.45, 2.75) is 24.7 Å². The van der Waals surface area contributed by atoms with E-state index in [0.717, 1.165) is 39.5 Å². The van der Waals surface area contributed by atoms with Crippen LogP contribution in [0.5, 0.6) is 11.5 Å². The predicted molar refractivity (Wildman–Crippen MR) is 98.0 cm³/mol. The molecule has 0 saturated heterocycles. The van der Waals surface area contributed by atoms with Gasteiger partial charge in [0.15, 0.2) is 11.5 Å². The Morgan fingerprint density at radius 2 is 1.96 bits per heavy atom. The summed E-state index contributed by atoms with van der Waals surface area (Å²) in [6.45, 7) is 2.81. The number of ketones is 1. The highest BCUT2D eigenvalue weighted by molar-refractivity contribution is 8.04. The Morgan fingerprint density at radius 1 is 1.12 bits per heavy atom. The van der Waals surface area contributed by atoms with Gasteiger partial charge in [-0.05, 0) is 42.3 Å². The number of allylic oxidation sites excluding steroid dienone is 1. The van der Waals surface area contributed by atoms with E-state index in [1.165, 1.54) is 11.8 Å². The van der Waals surface area contributed by atoms with Crippen LogP contribution < -0.4 is 9.47 Å². The first kappa shape index (κ1) is 16.7. The number of thioether (sulfide) groups is 1. The molecule has 0 bridgehead atoms. The van der Waals surface area contributed by atoms with Crippen LogP contribution >= 0.6 is 11.8 Å². The van der Waals surface area contributed by atoms with Gasteiger partial charge < -0.3 is 9.47 Å². The van der Waals surface area contributed by atoms with E-state index in [9.17, 15) is 4.79 Å². The van der Waals surface area contributed by atoms with E-state index in [1.807, 2.05) is 48.5 Å². The monoisotopic (exact) mass is 340 g/mol. The minimum atomic E-state index is 0.0813. The van der Waals surface area contributed by atoms with Gasteiger partial charge in [-0.3, -0.25) is 4.79 Å². The maximum absolute atomic E-state index is 12.5. The summed E-state index contributed by atoms with van der Waals surface area (Å²) in [5.74, 6) is 1.51. The number of rotatable bonds is 6. The molecule has 0 aromatic heterocycles. The van der Waals surface area contributed by atoms with E-state index in [2.05, 4.69) is 6.92 Å². The smallest absolute Gasteiger partial charge is 0.200 e. The molecule has 0 saturated carbocycles. The SMILES string of the molecule is CCCCOc1ccc(/C=C2/Sc3ccccc3C2=O)cc1OC. The zero-order valence-electron chi connectivity index (χ0n) is 13.9. The lowest BCUT2D eigenvalue weighted by molar-refractivity contribution is 0.104. The molecule has 0 atom stereocenters. The van der Waals surface area contributed by atoms with Crippen molar-refractivity contribution in [3.8, 4) is 11.5 Å². The molecule has 0 unspecified atom stereocenters. The van der Waals surface area contributed by atoms with E-state index < -0.39 is 0 Å². The number of Topliss-reactive ketones (excluding diaryl/α,β-unsaturated/α-hetero) is 1. The Labute approximate surface area is 146 Å². The molecule has 2 aromatic rings. The average molecular weight is 340 g/mol. The Bertz CT molecular complexity index is 780. The van der Waals surface area contributed by atoms with Crippen LogP contribution in [-0.2, 0) is 0 Å². The summed E-state index contributed by atoms with van der Waals surface area (Å²) in [5.41, 5.74) is 1.71. The van der Waals surface area contributed by atoms with Gasteiger partial charge in [0, 0.05) is 10.5 Å². The van der Waals surface area contributed by atoms with Crippen molar-refractivity contribution in [3.63, 3.8) is 0 Å². The molecule has 3 nitrogen and oxygen atoms in total. The number of carbonyl (C=O) groups excluding carboxylic acids is 1. The summed E-state index contributed by atoms with van der Waals surface area (Å²) in [4.78, 5) is 14.2. The Balaban J connectivity index is 1.82. The van der Waals surface area contributed by atoms with Crippen molar-refractivity contribution < 1.29 is 14.3 Å². The fourth-order valence-electron chi connectivity index (χ4n) is 2.51. The van der Waals surface area contributed by atoms with Gasteiger partial charge in [-0.2, -0.15) is 0 Å². The number of unbranched alkanes of at least 4 members (excludes halogenated alkanes) is 1. The largest absolute Gasteiger partial charge is 0.493 e. The number of benzene rings is 2. The highest BCUT2D eigenvalue weighted by Gasteiger charge is 2.25. The van der Waals surface area contributed by atoms with Gasteiger partial charge in [-0.25, -0.2) is 0 Å². The van der Waals surface area contributed by atoms with E-state index in [-0.39, 0.29) is 5.78 Å². The highest BCUT2D eigenvalue weighted by Crippen LogP contribution is 2.41. The van der Waals surface area contributed by atoms with Gasteiger partial charge in [-0.1, -0.05) is 43.3 Å². The first-order chi connectivity index (χ1) is 11.7. The van der Waals surface area contributed by atoms with Gasteiger partial charge in [0.05, 0.1) is 18.6 Å². The van der Waals surface area contributed by atoms with Crippen molar-refractivity contribution >= 4 is 23.6 Å². The van der Waals surface area contributed by atoms with Gasteiger partial charge in [0.1, 0.15) is 0 Å². The van der Waals surface area contributed by atoms with E-state index >= 15 is 0 Å². The zero-order valence-corrected chi connectivity index (χ0v) is 14.7. The molecule has 0 amide bonds. The molecular formula is C20H20O3S. The molecule has 0 aliphatic carbocycles. The Kier molecular flexibility index (Phi) is 5.26. The van der Waals surface area contributed by atoms with E-state index in [0.29, 0.717) is 12.4 Å². The van der Waals surface area contributed by atoms with Crippen molar-refractivity contribution in [2.24, 2.45) is 0 Å². The normalized spacial score (nSPS) is 14.8. The van der Waals surface area contributed by atoms with E-state index in [4.69, 9.17) is 9.47 Å². The summed E-state index contributed by atoms with van der Waals surface area (Å²) in [6.07, 6.45) is 4.01. The van der Waals surface area contributed by atoms with Gasteiger partial charge in [0.2, 0.25) is 5.78 Å². The fraction of sp³-hybridized carbons (Fsp3) is 0.250. The molecule has 24 heavy (non-hydrogen) atoms. The standard InChI is InChI=1S/C20H20O3S/c1-3-4-11-23-16-10-9-14(12-17(16)22-2)13-19-20(21)15-7-5-6-8-18(15)24-19/h5-10,12-13H,3-4,11H2,1-2H3/b19-13+. The molecule has 2 aromatic carbocycles. The molecule has 1 heterocycles. The molecular weight excluding hydrogens is 320 g/mol. The van der Waals surface area contributed by atoms with Crippen molar-refractivity contribution in [1.82, 2.24) is 0 Å². The average Bonchev–Trinajstić information content (AvgIpc) is 2.92. The molecule has 0 fully saturated rings. The zero-order chi connectivity index (χ0) is 16.9. The predicted octanol–water partition coefficient (Wildman–Crippen LogP) is 5.20. The second-order valence-corrected chi connectivity index (χ2v) is 6.63. The van der Waals surface area contributed by atoms with Crippen molar-refractivity contribution in [1.29, 1.82) is 0 Å². The third-order valence-corrected chi connectivity index (χ3v) is 4.92. The van der Waals surface area contributed by atoms with Crippen molar-refractivity contribution in [3.05, 3.63) is 58.5 Å². The molecule has 1 aliphatic heterocycles. The fourth-order valence-corrected chi connectivity index (χ4v) is 3.56. The van der Waals surface area contributed by atoms with Crippen molar-refractivity contribution in [2.75, 3.05) is 13.7 Å². The molecule has 0 N–H and O–H groups in total. The summed E-state index contributed by atoms with van der Waals surface area (Å²) in [7, 11) is 1.63. The molecule has 0 spiro atoms. The summed E-state index contributed by atoms with van der Waals surface area (Å²) in [6, 6.07) is 13.5. The number of ether oxygens (including phenoxy) is 2. The van der Waals surface area contributed by atoms with Crippen LogP contribution in [0.2, 0.25) is 0 Å². The second kappa shape index (κ2) is 7.58. The third-order valence-electron chi connectivity index (χ3n) is 3.82. The topological polar surface area (TPSA) is 35.5 Å². The van der Waals surface area contributed by atoms with Gasteiger partial charge in [-0.15, -0.1) is 0 Å².